The largest absolute Gasteiger partial charge is 0.466 e. The second-order valence-corrected chi connectivity index (χ2v) is 25.9. The molecule has 0 spiro atoms. The minimum Gasteiger partial charge on any atom is -0.466 e. The summed E-state index contributed by atoms with van der Waals surface area (Å²) < 4.78 is 34.0. The number of para-hydroxylation sites is 5. The van der Waals surface area contributed by atoms with Gasteiger partial charge < -0.3 is 34.0 Å². The third kappa shape index (κ3) is 13.0. The predicted octanol–water partition coefficient (Wildman–Crippen LogP) is 18.6. The van der Waals surface area contributed by atoms with Crippen LogP contribution in [0.5, 0.6) is 46.0 Å². The van der Waals surface area contributed by atoms with Crippen LogP contribution in [-0.4, -0.2) is 58.7 Å². The number of anilines is 3. The van der Waals surface area contributed by atoms with Crippen molar-refractivity contribution in [2.45, 2.75) is 97.8 Å². The predicted molar refractivity (Wildman–Crippen MR) is 391 cm³/mol. The van der Waals surface area contributed by atoms with Crippen molar-refractivity contribution in [1.29, 1.82) is 0 Å². The van der Waals surface area contributed by atoms with E-state index in [4.69, 9.17) is 23.7 Å². The first-order valence-corrected chi connectivity index (χ1v) is 34.2. The van der Waals surface area contributed by atoms with Gasteiger partial charge in [-0.15, -0.1) is 0 Å². The Morgan fingerprint density at radius 2 is 0.901 bits per heavy atom. The minimum atomic E-state index is -0.636. The lowest BCUT2D eigenvalue weighted by Gasteiger charge is -2.34. The number of aromatic nitrogens is 2. The Hall–Kier alpha value is -12.2. The lowest BCUT2D eigenvalue weighted by Crippen LogP contribution is -2.42. The summed E-state index contributed by atoms with van der Waals surface area (Å²) in [5, 5.41) is 8.32. The van der Waals surface area contributed by atoms with Crippen LogP contribution in [0.3, 0.4) is 0 Å². The molecule has 0 aliphatic carbocycles. The van der Waals surface area contributed by atoms with Crippen molar-refractivity contribution in [2.75, 3.05) is 28.3 Å². The molecule has 18 heteroatoms. The molecule has 18 nitrogen and oxygen atoms in total. The maximum Gasteiger partial charge on any atom is 0.321 e. The van der Waals surface area contributed by atoms with Crippen molar-refractivity contribution in [3.05, 3.63) is 249 Å². The smallest absolute Gasteiger partial charge is 0.321 e. The maximum absolute atomic E-state index is 16.2. The first-order chi connectivity index (χ1) is 49.1. The van der Waals surface area contributed by atoms with Crippen molar-refractivity contribution >= 4 is 96.0 Å². The molecule has 12 aromatic rings. The van der Waals surface area contributed by atoms with Gasteiger partial charge in [0.2, 0.25) is 5.95 Å². The van der Waals surface area contributed by atoms with Crippen LogP contribution >= 0.6 is 0 Å². The standard InChI is InChI=1S/C83H72N6O12/c1-6-24-51-43-67(90)86-82(85-51)87-83(96)84-41-20-11-21-42-97-68(91)36-22-25-50-37-39-52(40-38-50)88-78(92)59-44-63(98-53-26-12-7-13-27-53)71-73-65(100-55-30-16-9-17-31-55)46-61-70-62(81(95)89(80(61)94)77-57(48(2)3)34-23-35-58(77)49(4)5)47-66(101-56-32-18-10-19-33-56)74(76(70)73)72-64(99-54-28-14-8-15-29-54)45-60(79(88)93)69(59)75(71)72/h7-10,12-19,23,26-35,37-40,43-49H,6,11,20-22,24-25,36,41-42H2,1-5H3,(H3,84,85,86,87,90,96). The molecule has 0 fully saturated rings. The van der Waals surface area contributed by atoms with Gasteiger partial charge in [0, 0.05) is 67.8 Å². The zero-order valence-corrected chi connectivity index (χ0v) is 56.4. The summed E-state index contributed by atoms with van der Waals surface area (Å²) in [6, 6.07) is 57.2. The molecule has 2 aliphatic rings. The highest BCUT2D eigenvalue weighted by atomic mass is 16.5. The van der Waals surface area contributed by atoms with E-state index in [1.807, 2.05) is 162 Å². The monoisotopic (exact) mass is 1340 g/mol. The molecule has 0 atom stereocenters. The van der Waals surface area contributed by atoms with Crippen LogP contribution in [0, 0.1) is 0 Å². The van der Waals surface area contributed by atoms with E-state index < -0.39 is 35.2 Å². The number of carbonyl (C=O) groups excluding carboxylic acids is 6. The molecule has 0 bridgehead atoms. The second kappa shape index (κ2) is 28.3. The van der Waals surface area contributed by atoms with E-state index in [-0.39, 0.29) is 82.0 Å². The molecule has 14 rings (SSSR count). The second-order valence-electron chi connectivity index (χ2n) is 25.9. The number of unbranched alkanes of at least 4 members (excludes halogenated alkanes) is 2. The summed E-state index contributed by atoms with van der Waals surface area (Å²) in [6.07, 6.45) is 4.56. The zero-order chi connectivity index (χ0) is 70.0. The normalized spacial score (nSPS) is 12.7. The quantitative estimate of drug-likeness (QED) is 0.0159. The fourth-order valence-corrected chi connectivity index (χ4v) is 13.7. The van der Waals surface area contributed by atoms with Gasteiger partial charge in [0.1, 0.15) is 46.0 Å². The summed E-state index contributed by atoms with van der Waals surface area (Å²) in [5.41, 5.74) is 4.21. The van der Waals surface area contributed by atoms with Gasteiger partial charge in [-0.1, -0.05) is 144 Å². The zero-order valence-electron chi connectivity index (χ0n) is 56.4. The number of fused-ring (bicyclic) bond motifs is 2. The number of aryl methyl sites for hydroxylation is 2. The molecular formula is C83H72N6O12. The SMILES string of the molecule is CCCc1cc(=O)nc(NC(=O)NCCCCCOC(=O)CCCc2ccc(N3C(=O)c4cc(Oc5ccccc5)c5c6c(Oc7ccccc7)cc7c8c(cc(Oc9ccccc9)c(c9c(Oc%10ccccc%10)cc(c4c59)C3=O)c86)C(=O)N(c3c(C(C)C)cccc3C(C)C)C7=O)cc2)[nH]1. The number of rotatable bonds is 25. The van der Waals surface area contributed by atoms with Gasteiger partial charge >= 0.3 is 12.0 Å². The summed E-state index contributed by atoms with van der Waals surface area (Å²) in [5.74, 6) is -0.342. The Morgan fingerprint density at radius 3 is 1.33 bits per heavy atom. The number of esters is 1. The first kappa shape index (κ1) is 66.1. The van der Waals surface area contributed by atoms with E-state index in [1.54, 1.807) is 60.7 Å². The third-order valence-corrected chi connectivity index (χ3v) is 18.3. The molecule has 101 heavy (non-hydrogen) atoms. The Labute approximate surface area is 582 Å². The van der Waals surface area contributed by atoms with Crippen LogP contribution in [0.4, 0.5) is 22.1 Å². The number of ether oxygens (including phenoxy) is 5. The minimum absolute atomic E-state index is 0.0854. The van der Waals surface area contributed by atoms with Gasteiger partial charge in [0.05, 0.1) is 40.2 Å². The van der Waals surface area contributed by atoms with Crippen molar-refractivity contribution in [2.24, 2.45) is 0 Å². The molecule has 3 heterocycles. The molecule has 3 N–H and O–H groups in total. The number of hydrogen-bond acceptors (Lipinski definition) is 13. The molecule has 11 aromatic carbocycles. The number of H-pyrrole nitrogens is 1. The number of benzene rings is 11. The summed E-state index contributed by atoms with van der Waals surface area (Å²) in [7, 11) is 0. The summed E-state index contributed by atoms with van der Waals surface area (Å²) in [4.78, 5) is 111. The van der Waals surface area contributed by atoms with E-state index >= 15 is 19.2 Å². The van der Waals surface area contributed by atoms with Crippen molar-refractivity contribution in [1.82, 2.24) is 15.3 Å². The van der Waals surface area contributed by atoms with Crippen LogP contribution in [-0.2, 0) is 22.4 Å². The average molecular weight is 1350 g/mol. The van der Waals surface area contributed by atoms with Crippen LogP contribution in [0.25, 0.3) is 43.1 Å². The van der Waals surface area contributed by atoms with Gasteiger partial charge in [-0.2, -0.15) is 4.98 Å². The molecular weight excluding hydrogens is 1270 g/mol. The van der Waals surface area contributed by atoms with E-state index in [9.17, 15) is 14.4 Å². The van der Waals surface area contributed by atoms with Gasteiger partial charge in [0.25, 0.3) is 29.2 Å². The Bertz CT molecular complexity index is 5040. The fraction of sp³-hybridized carbons (Fsp3) is 0.205. The molecule has 0 unspecified atom stereocenters. The molecule has 506 valence electrons. The lowest BCUT2D eigenvalue weighted by atomic mass is 9.80. The van der Waals surface area contributed by atoms with Gasteiger partial charge in [-0.3, -0.25) is 34.1 Å². The van der Waals surface area contributed by atoms with Crippen molar-refractivity contribution in [3.8, 4) is 46.0 Å². The van der Waals surface area contributed by atoms with Crippen LogP contribution in [0.1, 0.15) is 149 Å². The third-order valence-electron chi connectivity index (χ3n) is 18.3. The van der Waals surface area contributed by atoms with Gasteiger partial charge in [-0.25, -0.2) is 14.6 Å². The Balaban J connectivity index is 0.854. The molecule has 6 amide bonds. The molecule has 0 saturated carbocycles. The van der Waals surface area contributed by atoms with Crippen LogP contribution in [0.15, 0.2) is 199 Å². The van der Waals surface area contributed by atoms with Crippen LogP contribution < -0.4 is 44.9 Å². The van der Waals surface area contributed by atoms with Gasteiger partial charge in [0.15, 0.2) is 0 Å². The highest BCUT2D eigenvalue weighted by Crippen LogP contribution is 2.58. The van der Waals surface area contributed by atoms with Crippen molar-refractivity contribution in [3.63, 3.8) is 0 Å². The molecule has 1 aromatic heterocycles. The lowest BCUT2D eigenvalue weighted by molar-refractivity contribution is -0.143. The Kier molecular flexibility index (Phi) is 18.5. The highest BCUT2D eigenvalue weighted by Gasteiger charge is 2.43. The first-order valence-electron chi connectivity index (χ1n) is 34.2. The van der Waals surface area contributed by atoms with Gasteiger partial charge in [-0.05, 0) is 152 Å². The summed E-state index contributed by atoms with van der Waals surface area (Å²) >= 11 is 0. The fourth-order valence-electron chi connectivity index (χ4n) is 13.7. The van der Waals surface area contributed by atoms with E-state index in [0.29, 0.717) is 128 Å². The topological polar surface area (TPSA) is 225 Å². The number of nitrogens with one attached hydrogen (secondary N) is 3. The average Bonchev–Trinajstić information content (AvgIpc) is 0.671. The maximum atomic E-state index is 16.2. The number of amides is 6. The Morgan fingerprint density at radius 1 is 0.465 bits per heavy atom. The highest BCUT2D eigenvalue weighted by molar-refractivity contribution is 6.48. The molecule has 2 aliphatic heterocycles. The number of hydrogen-bond donors (Lipinski definition) is 3. The van der Waals surface area contributed by atoms with Crippen LogP contribution in [0.2, 0.25) is 0 Å². The number of aromatic amines is 1. The van der Waals surface area contributed by atoms with E-state index in [1.165, 1.54) is 11.0 Å². The molecule has 0 radical (unpaired) electrons. The van der Waals surface area contributed by atoms with E-state index in [0.717, 1.165) is 28.0 Å². The number of carbonyl (C=O) groups is 6. The number of imide groups is 2. The number of urea groups is 1. The van der Waals surface area contributed by atoms with Crippen molar-refractivity contribution < 1.29 is 52.5 Å². The molecule has 0 saturated heterocycles. The van der Waals surface area contributed by atoms with E-state index in [2.05, 4.69) is 20.6 Å². The summed E-state index contributed by atoms with van der Waals surface area (Å²) in [6.45, 7) is 10.8. The number of nitrogens with zero attached hydrogens (tertiary/aromatic N) is 3.